The van der Waals surface area contributed by atoms with E-state index in [0.717, 1.165) is 16.9 Å². The molecule has 1 unspecified atom stereocenters. The largest absolute Gasteiger partial charge is 0.497 e. The third-order valence-corrected chi connectivity index (χ3v) is 4.24. The predicted octanol–water partition coefficient (Wildman–Crippen LogP) is 4.11. The third kappa shape index (κ3) is 3.80. The molecule has 0 aliphatic heterocycles. The van der Waals surface area contributed by atoms with Crippen LogP contribution in [0.15, 0.2) is 48.5 Å². The van der Waals surface area contributed by atoms with Gasteiger partial charge in [-0.25, -0.2) is 0 Å². The zero-order valence-electron chi connectivity index (χ0n) is 13.0. The van der Waals surface area contributed by atoms with E-state index in [-0.39, 0.29) is 11.9 Å². The number of hydrogen-bond donors (Lipinski definition) is 0. The highest BCUT2D eigenvalue weighted by Crippen LogP contribution is 2.23. The van der Waals surface area contributed by atoms with Crippen LogP contribution in [0.25, 0.3) is 0 Å². The van der Waals surface area contributed by atoms with Crippen LogP contribution in [0.4, 0.5) is 0 Å². The van der Waals surface area contributed by atoms with Gasteiger partial charge in [-0.05, 0) is 36.2 Å². The minimum Gasteiger partial charge on any atom is -0.497 e. The van der Waals surface area contributed by atoms with Crippen LogP contribution in [0, 0.1) is 0 Å². The molecule has 0 saturated heterocycles. The molecule has 1 atom stereocenters. The average molecular weight is 318 g/mol. The average Bonchev–Trinajstić information content (AvgIpc) is 2.55. The zero-order valence-corrected chi connectivity index (χ0v) is 13.8. The molecule has 0 saturated carbocycles. The maximum atomic E-state index is 12.4. The maximum Gasteiger partial charge on any atom is 0.227 e. The lowest BCUT2D eigenvalue weighted by molar-refractivity contribution is -0.131. The summed E-state index contributed by atoms with van der Waals surface area (Å²) in [5.74, 6) is 0.845. The Bertz CT molecular complexity index is 640. The molecule has 0 radical (unpaired) electrons. The van der Waals surface area contributed by atoms with Crippen LogP contribution in [0.3, 0.4) is 0 Å². The lowest BCUT2D eigenvalue weighted by Gasteiger charge is -2.25. The first-order valence-electron chi connectivity index (χ1n) is 7.16. The number of rotatable bonds is 5. The standard InChI is InChI=1S/C18H20ClNO2/c1-13(14-8-10-16(22-3)11-9-14)20(2)18(21)12-15-6-4-5-7-17(15)19/h4-11,13H,12H2,1-3H3. The van der Waals surface area contributed by atoms with Gasteiger partial charge < -0.3 is 9.64 Å². The summed E-state index contributed by atoms with van der Waals surface area (Å²) in [5.41, 5.74) is 1.92. The normalized spacial score (nSPS) is 11.8. The van der Waals surface area contributed by atoms with Gasteiger partial charge in [-0.2, -0.15) is 0 Å². The van der Waals surface area contributed by atoms with Crippen LogP contribution < -0.4 is 4.74 Å². The first-order valence-corrected chi connectivity index (χ1v) is 7.53. The Kier molecular flexibility index (Phi) is 5.45. The van der Waals surface area contributed by atoms with Crippen LogP contribution in [0.5, 0.6) is 5.75 Å². The van der Waals surface area contributed by atoms with Crippen molar-refractivity contribution in [2.45, 2.75) is 19.4 Å². The van der Waals surface area contributed by atoms with Crippen molar-refractivity contribution in [3.63, 3.8) is 0 Å². The van der Waals surface area contributed by atoms with Crippen molar-refractivity contribution in [2.75, 3.05) is 14.2 Å². The van der Waals surface area contributed by atoms with Gasteiger partial charge in [0.1, 0.15) is 5.75 Å². The molecule has 0 N–H and O–H groups in total. The van der Waals surface area contributed by atoms with Crippen LogP contribution in [0.1, 0.15) is 24.1 Å². The van der Waals surface area contributed by atoms with E-state index in [1.807, 2.05) is 56.4 Å². The first-order chi connectivity index (χ1) is 10.5. The molecule has 0 fully saturated rings. The fraction of sp³-hybridized carbons (Fsp3) is 0.278. The molecule has 1 amide bonds. The van der Waals surface area contributed by atoms with Crippen molar-refractivity contribution in [3.8, 4) is 5.75 Å². The number of ether oxygens (including phenoxy) is 1. The number of hydrogen-bond acceptors (Lipinski definition) is 2. The van der Waals surface area contributed by atoms with Gasteiger partial charge in [-0.15, -0.1) is 0 Å². The van der Waals surface area contributed by atoms with Crippen molar-refractivity contribution in [3.05, 3.63) is 64.7 Å². The molecule has 116 valence electrons. The molecule has 0 bridgehead atoms. The Morgan fingerprint density at radius 3 is 2.41 bits per heavy atom. The summed E-state index contributed by atoms with van der Waals surface area (Å²) in [6.45, 7) is 2.01. The van der Waals surface area contributed by atoms with E-state index in [0.29, 0.717) is 11.4 Å². The summed E-state index contributed by atoms with van der Waals surface area (Å²) in [6.07, 6.45) is 0.302. The quantitative estimate of drug-likeness (QED) is 0.830. The van der Waals surface area contributed by atoms with E-state index in [4.69, 9.17) is 16.3 Å². The Hall–Kier alpha value is -2.00. The summed E-state index contributed by atoms with van der Waals surface area (Å²) in [5, 5.41) is 0.626. The second kappa shape index (κ2) is 7.32. The second-order valence-corrected chi connectivity index (χ2v) is 5.63. The number of methoxy groups -OCH3 is 1. The summed E-state index contributed by atoms with van der Waals surface area (Å²) in [7, 11) is 3.45. The molecule has 22 heavy (non-hydrogen) atoms. The van der Waals surface area contributed by atoms with Crippen molar-refractivity contribution in [1.29, 1.82) is 0 Å². The Labute approximate surface area is 136 Å². The van der Waals surface area contributed by atoms with Crippen molar-refractivity contribution >= 4 is 17.5 Å². The van der Waals surface area contributed by atoms with E-state index in [1.54, 1.807) is 18.1 Å². The first kappa shape index (κ1) is 16.4. The van der Waals surface area contributed by atoms with Crippen molar-refractivity contribution < 1.29 is 9.53 Å². The smallest absolute Gasteiger partial charge is 0.227 e. The number of nitrogens with zero attached hydrogens (tertiary/aromatic N) is 1. The molecule has 0 heterocycles. The molecular formula is C18H20ClNO2. The van der Waals surface area contributed by atoms with Gasteiger partial charge in [0.15, 0.2) is 0 Å². The van der Waals surface area contributed by atoms with E-state index in [9.17, 15) is 4.79 Å². The zero-order chi connectivity index (χ0) is 16.1. The topological polar surface area (TPSA) is 29.5 Å². The molecule has 2 aromatic rings. The molecule has 0 aliphatic carbocycles. The highest BCUT2D eigenvalue weighted by atomic mass is 35.5. The Balaban J connectivity index is 2.07. The maximum absolute atomic E-state index is 12.4. The number of likely N-dealkylation sites (N-methyl/N-ethyl adjacent to an activating group) is 1. The molecule has 3 nitrogen and oxygen atoms in total. The molecule has 2 aromatic carbocycles. The molecular weight excluding hydrogens is 298 g/mol. The van der Waals surface area contributed by atoms with Crippen LogP contribution in [-0.2, 0) is 11.2 Å². The van der Waals surface area contributed by atoms with E-state index >= 15 is 0 Å². The third-order valence-electron chi connectivity index (χ3n) is 3.87. The van der Waals surface area contributed by atoms with Crippen LogP contribution >= 0.6 is 11.6 Å². The van der Waals surface area contributed by atoms with Gasteiger partial charge in [0.25, 0.3) is 0 Å². The van der Waals surface area contributed by atoms with Crippen molar-refractivity contribution in [2.24, 2.45) is 0 Å². The molecule has 2 rings (SSSR count). The fourth-order valence-corrected chi connectivity index (χ4v) is 2.45. The SMILES string of the molecule is COc1ccc(C(C)N(C)C(=O)Cc2ccccc2Cl)cc1. The number of amides is 1. The van der Waals surface area contributed by atoms with Gasteiger partial charge in [0, 0.05) is 12.1 Å². The number of halogens is 1. The van der Waals surface area contributed by atoms with Crippen molar-refractivity contribution in [1.82, 2.24) is 4.90 Å². The fourth-order valence-electron chi connectivity index (χ4n) is 2.25. The molecule has 0 aliphatic rings. The minimum absolute atomic E-state index is 0.0131. The lowest BCUT2D eigenvalue weighted by Crippen LogP contribution is -2.31. The number of carbonyl (C=O) groups excluding carboxylic acids is 1. The number of carbonyl (C=O) groups is 1. The summed E-state index contributed by atoms with van der Waals surface area (Å²) < 4.78 is 5.15. The predicted molar refractivity (Wildman–Crippen MR) is 89.3 cm³/mol. The lowest BCUT2D eigenvalue weighted by atomic mass is 10.1. The highest BCUT2D eigenvalue weighted by molar-refractivity contribution is 6.31. The summed E-state index contributed by atoms with van der Waals surface area (Å²) in [4.78, 5) is 14.2. The van der Waals surface area contributed by atoms with Gasteiger partial charge in [-0.3, -0.25) is 4.79 Å². The molecule has 0 aromatic heterocycles. The second-order valence-electron chi connectivity index (χ2n) is 5.22. The summed E-state index contributed by atoms with van der Waals surface area (Å²) >= 11 is 6.12. The number of benzene rings is 2. The Morgan fingerprint density at radius 2 is 1.82 bits per heavy atom. The van der Waals surface area contributed by atoms with Crippen LogP contribution in [0.2, 0.25) is 5.02 Å². The monoisotopic (exact) mass is 317 g/mol. The molecule has 0 spiro atoms. The van der Waals surface area contributed by atoms with E-state index < -0.39 is 0 Å². The van der Waals surface area contributed by atoms with Gasteiger partial charge >= 0.3 is 0 Å². The van der Waals surface area contributed by atoms with E-state index in [1.165, 1.54) is 0 Å². The van der Waals surface area contributed by atoms with Crippen LogP contribution in [-0.4, -0.2) is 25.0 Å². The highest BCUT2D eigenvalue weighted by Gasteiger charge is 2.18. The van der Waals surface area contributed by atoms with Gasteiger partial charge in [0.2, 0.25) is 5.91 Å². The van der Waals surface area contributed by atoms with Gasteiger partial charge in [0.05, 0.1) is 19.6 Å². The Morgan fingerprint density at radius 1 is 1.18 bits per heavy atom. The minimum atomic E-state index is -0.0131. The van der Waals surface area contributed by atoms with E-state index in [2.05, 4.69) is 0 Å². The summed E-state index contributed by atoms with van der Waals surface area (Å²) in [6, 6.07) is 15.2. The molecule has 4 heteroatoms. The van der Waals surface area contributed by atoms with Gasteiger partial charge in [-0.1, -0.05) is 41.9 Å².